The molecule has 6 heteroatoms. The Morgan fingerprint density at radius 2 is 2.09 bits per heavy atom. The molecule has 0 fully saturated rings. The average Bonchev–Trinajstić information content (AvgIpc) is 2.95. The van der Waals surface area contributed by atoms with E-state index in [1.807, 2.05) is 48.5 Å². The summed E-state index contributed by atoms with van der Waals surface area (Å²) in [4.78, 5) is 18.3. The predicted molar refractivity (Wildman–Crippen MR) is 94.8 cm³/mol. The fourth-order valence-corrected chi connectivity index (χ4v) is 3.38. The molecule has 0 aliphatic rings. The van der Waals surface area contributed by atoms with Crippen LogP contribution in [-0.4, -0.2) is 23.0 Å². The van der Waals surface area contributed by atoms with E-state index in [-0.39, 0.29) is 6.03 Å². The van der Waals surface area contributed by atoms with Crippen molar-refractivity contribution in [3.8, 4) is 0 Å². The highest BCUT2D eigenvalue weighted by atomic mass is 35.5. The van der Waals surface area contributed by atoms with Crippen molar-refractivity contribution in [2.24, 2.45) is 0 Å². The van der Waals surface area contributed by atoms with E-state index in [0.717, 1.165) is 20.8 Å². The molecule has 4 nitrogen and oxygen atoms in total. The fourth-order valence-electron chi connectivity index (χ4n) is 2.26. The molecule has 1 aromatic heterocycles. The second-order valence-corrected chi connectivity index (χ2v) is 6.77. The van der Waals surface area contributed by atoms with Gasteiger partial charge in [-0.05, 0) is 29.8 Å². The van der Waals surface area contributed by atoms with Crippen LogP contribution in [0.2, 0.25) is 5.02 Å². The summed E-state index contributed by atoms with van der Waals surface area (Å²) in [6.07, 6.45) is 0. The predicted octanol–water partition coefficient (Wildman–Crippen LogP) is 4.29. The van der Waals surface area contributed by atoms with Crippen LogP contribution < -0.4 is 5.32 Å². The number of halogens is 1. The molecule has 0 saturated carbocycles. The highest BCUT2D eigenvalue weighted by Gasteiger charge is 2.10. The summed E-state index contributed by atoms with van der Waals surface area (Å²) in [5.41, 5.74) is 1.96. The van der Waals surface area contributed by atoms with Crippen LogP contribution in [0.4, 0.5) is 4.79 Å². The van der Waals surface area contributed by atoms with E-state index in [0.29, 0.717) is 18.1 Å². The maximum atomic E-state index is 12.2. The monoisotopic (exact) mass is 345 g/mol. The van der Waals surface area contributed by atoms with Gasteiger partial charge in [-0.3, -0.25) is 0 Å². The first-order valence-electron chi connectivity index (χ1n) is 7.19. The molecule has 0 radical (unpaired) electrons. The number of aromatic nitrogens is 1. The van der Waals surface area contributed by atoms with Crippen LogP contribution in [0.1, 0.15) is 10.6 Å². The molecule has 0 unspecified atom stereocenters. The van der Waals surface area contributed by atoms with Crippen LogP contribution in [-0.2, 0) is 13.1 Å². The first-order chi connectivity index (χ1) is 11.1. The number of urea groups is 1. The fraction of sp³-hybridized carbons (Fsp3) is 0.176. The smallest absolute Gasteiger partial charge is 0.317 e. The normalized spacial score (nSPS) is 10.7. The summed E-state index contributed by atoms with van der Waals surface area (Å²) < 4.78 is 1.13. The molecule has 0 bridgehead atoms. The molecule has 3 aromatic rings. The topological polar surface area (TPSA) is 45.2 Å². The number of amides is 2. The van der Waals surface area contributed by atoms with Crippen LogP contribution in [0.3, 0.4) is 0 Å². The number of thiazole rings is 1. The highest BCUT2D eigenvalue weighted by molar-refractivity contribution is 7.18. The van der Waals surface area contributed by atoms with Crippen LogP contribution >= 0.6 is 22.9 Å². The molecule has 23 heavy (non-hydrogen) atoms. The van der Waals surface area contributed by atoms with Crippen LogP contribution in [0.15, 0.2) is 48.5 Å². The molecular formula is C17H16ClN3OS. The van der Waals surface area contributed by atoms with Crippen molar-refractivity contribution in [3.05, 3.63) is 64.1 Å². The number of nitrogens with one attached hydrogen (secondary N) is 1. The molecule has 2 aromatic carbocycles. The zero-order chi connectivity index (χ0) is 16.2. The molecule has 2 amide bonds. The summed E-state index contributed by atoms with van der Waals surface area (Å²) in [6.45, 7) is 0.935. The van der Waals surface area contributed by atoms with Crippen LogP contribution in [0, 0.1) is 0 Å². The molecule has 0 aliphatic heterocycles. The van der Waals surface area contributed by atoms with Gasteiger partial charge in [-0.15, -0.1) is 11.3 Å². The number of fused-ring (bicyclic) bond motifs is 1. The lowest BCUT2D eigenvalue weighted by Crippen LogP contribution is -2.36. The van der Waals surface area contributed by atoms with Gasteiger partial charge in [0.25, 0.3) is 0 Å². The van der Waals surface area contributed by atoms with Gasteiger partial charge in [-0.1, -0.05) is 35.9 Å². The number of carbonyl (C=O) groups excluding carboxylic acids is 1. The van der Waals surface area contributed by atoms with E-state index in [1.165, 1.54) is 0 Å². The van der Waals surface area contributed by atoms with Gasteiger partial charge in [0.1, 0.15) is 5.01 Å². The molecular weight excluding hydrogens is 330 g/mol. The molecule has 3 rings (SSSR count). The van der Waals surface area contributed by atoms with E-state index < -0.39 is 0 Å². The lowest BCUT2D eigenvalue weighted by atomic mass is 10.2. The van der Waals surface area contributed by atoms with Crippen molar-refractivity contribution in [1.29, 1.82) is 0 Å². The van der Waals surface area contributed by atoms with Crippen LogP contribution in [0.25, 0.3) is 10.2 Å². The SMILES string of the molecule is CN(Cc1cccc(Cl)c1)C(=O)NCc1nc2ccccc2s1. The Labute approximate surface area is 143 Å². The van der Waals surface area contributed by atoms with E-state index in [9.17, 15) is 4.79 Å². The minimum absolute atomic E-state index is 0.135. The van der Waals surface area contributed by atoms with Gasteiger partial charge in [-0.2, -0.15) is 0 Å². The Kier molecular flexibility index (Phi) is 4.79. The van der Waals surface area contributed by atoms with Gasteiger partial charge in [0.05, 0.1) is 16.8 Å². The molecule has 0 atom stereocenters. The van der Waals surface area contributed by atoms with Crippen molar-refractivity contribution in [3.63, 3.8) is 0 Å². The number of para-hydroxylation sites is 1. The molecule has 0 spiro atoms. The van der Waals surface area contributed by atoms with Crippen molar-refractivity contribution in [2.45, 2.75) is 13.1 Å². The number of hydrogen-bond donors (Lipinski definition) is 1. The second-order valence-electron chi connectivity index (χ2n) is 5.22. The van der Waals surface area contributed by atoms with E-state index >= 15 is 0 Å². The molecule has 1 N–H and O–H groups in total. The Bertz CT molecular complexity index is 800. The van der Waals surface area contributed by atoms with Crippen molar-refractivity contribution < 1.29 is 4.79 Å². The zero-order valence-corrected chi connectivity index (χ0v) is 14.2. The lowest BCUT2D eigenvalue weighted by Gasteiger charge is -2.17. The first-order valence-corrected chi connectivity index (χ1v) is 8.39. The largest absolute Gasteiger partial charge is 0.331 e. The number of benzene rings is 2. The number of hydrogen-bond acceptors (Lipinski definition) is 3. The maximum absolute atomic E-state index is 12.2. The highest BCUT2D eigenvalue weighted by Crippen LogP contribution is 2.21. The van der Waals surface area contributed by atoms with Crippen molar-refractivity contribution in [1.82, 2.24) is 15.2 Å². The Morgan fingerprint density at radius 3 is 2.87 bits per heavy atom. The lowest BCUT2D eigenvalue weighted by molar-refractivity contribution is 0.206. The molecule has 118 valence electrons. The minimum atomic E-state index is -0.135. The van der Waals surface area contributed by atoms with E-state index in [2.05, 4.69) is 10.3 Å². The van der Waals surface area contributed by atoms with Crippen molar-refractivity contribution in [2.75, 3.05) is 7.05 Å². The van der Waals surface area contributed by atoms with E-state index in [1.54, 1.807) is 23.3 Å². The summed E-state index contributed by atoms with van der Waals surface area (Å²) in [6, 6.07) is 15.3. The number of rotatable bonds is 4. The number of carbonyl (C=O) groups is 1. The first kappa shape index (κ1) is 15.8. The van der Waals surface area contributed by atoms with Gasteiger partial charge in [0.2, 0.25) is 0 Å². The third-order valence-corrected chi connectivity index (χ3v) is 4.66. The van der Waals surface area contributed by atoms with Gasteiger partial charge >= 0.3 is 6.03 Å². The summed E-state index contributed by atoms with van der Waals surface area (Å²) in [7, 11) is 1.76. The minimum Gasteiger partial charge on any atom is -0.331 e. The third kappa shape index (κ3) is 4.00. The number of nitrogens with zero attached hydrogens (tertiary/aromatic N) is 2. The average molecular weight is 346 g/mol. The van der Waals surface area contributed by atoms with Gasteiger partial charge < -0.3 is 10.2 Å². The van der Waals surface area contributed by atoms with Gasteiger partial charge in [0, 0.05) is 18.6 Å². The summed E-state index contributed by atoms with van der Waals surface area (Å²) >= 11 is 7.56. The molecule has 0 aliphatic carbocycles. The van der Waals surface area contributed by atoms with Crippen molar-refractivity contribution >= 4 is 39.2 Å². The van der Waals surface area contributed by atoms with Crippen LogP contribution in [0.5, 0.6) is 0 Å². The molecule has 1 heterocycles. The Hall–Kier alpha value is -2.11. The van der Waals surface area contributed by atoms with Gasteiger partial charge in [-0.25, -0.2) is 9.78 Å². The Balaban J connectivity index is 1.58. The standard InChI is InChI=1S/C17H16ClN3OS/c1-21(11-12-5-4-6-13(18)9-12)17(22)19-10-16-20-14-7-2-3-8-15(14)23-16/h2-9H,10-11H2,1H3,(H,19,22). The van der Waals surface area contributed by atoms with E-state index in [4.69, 9.17) is 11.6 Å². The molecule has 0 saturated heterocycles. The van der Waals surface area contributed by atoms with Gasteiger partial charge in [0.15, 0.2) is 0 Å². The third-order valence-electron chi connectivity index (χ3n) is 3.38. The summed E-state index contributed by atoms with van der Waals surface area (Å²) in [5.74, 6) is 0. The summed E-state index contributed by atoms with van der Waals surface area (Å²) in [5, 5.41) is 4.47. The quantitative estimate of drug-likeness (QED) is 0.766. The second kappa shape index (κ2) is 6.98. The maximum Gasteiger partial charge on any atom is 0.317 e. The Morgan fingerprint density at radius 1 is 1.26 bits per heavy atom. The zero-order valence-electron chi connectivity index (χ0n) is 12.6.